The highest BCUT2D eigenvalue weighted by molar-refractivity contribution is 5.95. The van der Waals surface area contributed by atoms with E-state index in [1.165, 1.54) is 36.1 Å². The van der Waals surface area contributed by atoms with E-state index in [4.69, 9.17) is 5.73 Å². The third kappa shape index (κ3) is 3.45. The zero-order valence-electron chi connectivity index (χ0n) is 17.7. The summed E-state index contributed by atoms with van der Waals surface area (Å²) in [4.78, 5) is 21.6. The average molecular weight is 394 g/mol. The van der Waals surface area contributed by atoms with Crippen LogP contribution in [0.1, 0.15) is 63.1 Å². The molecule has 2 N–H and O–H groups in total. The minimum atomic E-state index is 0.353. The maximum Gasteiger partial charge on any atom is 0.145 e. The van der Waals surface area contributed by atoms with Gasteiger partial charge in [-0.15, -0.1) is 0 Å². The molecule has 0 bridgehead atoms. The van der Waals surface area contributed by atoms with Gasteiger partial charge in [0.25, 0.3) is 0 Å². The van der Waals surface area contributed by atoms with Crippen LogP contribution >= 0.6 is 0 Å². The van der Waals surface area contributed by atoms with Gasteiger partial charge < -0.3 is 15.2 Å². The predicted octanol–water partition coefficient (Wildman–Crippen LogP) is 4.04. The summed E-state index contributed by atoms with van der Waals surface area (Å²) in [5, 5.41) is 1.01. The van der Waals surface area contributed by atoms with E-state index in [0.717, 1.165) is 43.3 Å². The Hall–Kier alpha value is -2.63. The van der Waals surface area contributed by atoms with Crippen molar-refractivity contribution in [3.05, 3.63) is 35.9 Å². The number of carbonyl (C=O) groups is 1. The van der Waals surface area contributed by atoms with Gasteiger partial charge in [0.2, 0.25) is 0 Å². The Balaban J connectivity index is 1.63. The number of rotatable bonds is 4. The molecule has 0 saturated carbocycles. The molecule has 3 heterocycles. The van der Waals surface area contributed by atoms with E-state index in [1.54, 1.807) is 12.4 Å². The summed E-state index contributed by atoms with van der Waals surface area (Å²) < 4.78 is 2.21. The van der Waals surface area contributed by atoms with E-state index in [9.17, 15) is 4.79 Å². The van der Waals surface area contributed by atoms with Gasteiger partial charge in [-0.05, 0) is 60.6 Å². The van der Waals surface area contributed by atoms with Crippen molar-refractivity contribution in [2.45, 2.75) is 51.9 Å². The molecular weight excluding hydrogens is 362 g/mol. The summed E-state index contributed by atoms with van der Waals surface area (Å²) in [6, 6.07) is 0. The van der Waals surface area contributed by atoms with Crippen molar-refractivity contribution < 1.29 is 4.79 Å². The van der Waals surface area contributed by atoms with Crippen LogP contribution in [-0.4, -0.2) is 38.8 Å². The van der Waals surface area contributed by atoms with E-state index in [2.05, 4.69) is 46.4 Å². The normalized spacial score (nSPS) is 19.4. The molecule has 6 nitrogen and oxygen atoms in total. The standard InChI is InChI=1S/C23H31N5O/c1-16(2)18-19-21(24)25-15-26-22(19)27(3)20(18)17-5-7-23(8-6-17)9-12-28(13-10-23)11-4-14-29/h4-5,11,14-16H,6-10,12-13H2,1-3H3,(H2,24,25,26). The lowest BCUT2D eigenvalue weighted by molar-refractivity contribution is -0.104. The molecule has 2 aromatic heterocycles. The molecule has 1 fully saturated rings. The molecule has 1 spiro atoms. The molecule has 154 valence electrons. The second kappa shape index (κ2) is 7.65. The van der Waals surface area contributed by atoms with Gasteiger partial charge in [-0.2, -0.15) is 0 Å². The van der Waals surface area contributed by atoms with Crippen molar-refractivity contribution in [2.75, 3.05) is 18.8 Å². The van der Waals surface area contributed by atoms with Crippen LogP contribution in [0.25, 0.3) is 16.6 Å². The number of nitrogen functional groups attached to an aromatic ring is 1. The largest absolute Gasteiger partial charge is 0.383 e. The number of anilines is 1. The Labute approximate surface area is 172 Å². The minimum Gasteiger partial charge on any atom is -0.383 e. The predicted molar refractivity (Wildman–Crippen MR) is 117 cm³/mol. The van der Waals surface area contributed by atoms with Crippen LogP contribution in [0.4, 0.5) is 5.82 Å². The zero-order valence-corrected chi connectivity index (χ0v) is 17.7. The Morgan fingerprint density at radius 1 is 1.21 bits per heavy atom. The highest BCUT2D eigenvalue weighted by Gasteiger charge is 2.36. The van der Waals surface area contributed by atoms with Crippen LogP contribution in [0.15, 0.2) is 24.7 Å². The van der Waals surface area contributed by atoms with Gasteiger partial charge in [0.05, 0.1) is 5.39 Å². The van der Waals surface area contributed by atoms with Crippen LogP contribution in [-0.2, 0) is 11.8 Å². The molecule has 0 radical (unpaired) electrons. The van der Waals surface area contributed by atoms with E-state index in [1.807, 2.05) is 6.20 Å². The SMILES string of the molecule is CC(C)c1c(C2=CCC3(CC2)CCN(C=CC=O)CC3)n(C)c2ncnc(N)c12. The van der Waals surface area contributed by atoms with Gasteiger partial charge in [-0.25, -0.2) is 9.97 Å². The van der Waals surface area contributed by atoms with Crippen LogP contribution < -0.4 is 5.73 Å². The first-order valence-corrected chi connectivity index (χ1v) is 10.6. The monoisotopic (exact) mass is 393 g/mol. The molecule has 6 heteroatoms. The van der Waals surface area contributed by atoms with Gasteiger partial charge in [-0.3, -0.25) is 4.79 Å². The summed E-state index contributed by atoms with van der Waals surface area (Å²) in [7, 11) is 2.10. The van der Waals surface area contributed by atoms with Crippen molar-refractivity contribution in [2.24, 2.45) is 12.5 Å². The molecule has 0 amide bonds. The summed E-state index contributed by atoms with van der Waals surface area (Å²) in [5.74, 6) is 0.927. The lowest BCUT2D eigenvalue weighted by atomic mass is 9.68. The van der Waals surface area contributed by atoms with Crippen LogP contribution in [0, 0.1) is 5.41 Å². The first-order chi connectivity index (χ1) is 14.0. The summed E-state index contributed by atoms with van der Waals surface area (Å²) >= 11 is 0. The quantitative estimate of drug-likeness (QED) is 0.627. The number of carbonyl (C=O) groups excluding carboxylic acids is 1. The fraction of sp³-hybridized carbons (Fsp3) is 0.522. The molecule has 0 unspecified atom stereocenters. The minimum absolute atomic E-state index is 0.353. The number of piperidine rings is 1. The van der Waals surface area contributed by atoms with Crippen LogP contribution in [0.3, 0.4) is 0 Å². The number of likely N-dealkylation sites (tertiary alicyclic amines) is 1. The third-order valence-electron chi connectivity index (χ3n) is 6.86. The Bertz CT molecular complexity index is 977. The van der Waals surface area contributed by atoms with E-state index < -0.39 is 0 Å². The second-order valence-electron chi connectivity index (χ2n) is 8.88. The third-order valence-corrected chi connectivity index (χ3v) is 6.86. The van der Waals surface area contributed by atoms with Gasteiger partial charge in [-0.1, -0.05) is 19.9 Å². The van der Waals surface area contributed by atoms with Crippen molar-refractivity contribution in [1.82, 2.24) is 19.4 Å². The van der Waals surface area contributed by atoms with Crippen molar-refractivity contribution >= 4 is 28.7 Å². The number of allylic oxidation sites excluding steroid dienone is 3. The number of aldehydes is 1. The Morgan fingerprint density at radius 2 is 1.97 bits per heavy atom. The molecule has 29 heavy (non-hydrogen) atoms. The second-order valence-corrected chi connectivity index (χ2v) is 8.88. The highest BCUT2D eigenvalue weighted by Crippen LogP contribution is 2.47. The number of aromatic nitrogens is 3. The average Bonchev–Trinajstić information content (AvgIpc) is 3.03. The number of fused-ring (bicyclic) bond motifs is 1. The highest BCUT2D eigenvalue weighted by atomic mass is 16.1. The first kappa shape index (κ1) is 19.7. The number of nitrogens with zero attached hydrogens (tertiary/aromatic N) is 4. The van der Waals surface area contributed by atoms with E-state index in [-0.39, 0.29) is 0 Å². The number of hydrogen-bond acceptors (Lipinski definition) is 5. The lowest BCUT2D eigenvalue weighted by Gasteiger charge is -2.43. The van der Waals surface area contributed by atoms with Gasteiger partial charge in [0, 0.05) is 32.0 Å². The molecule has 0 atom stereocenters. The molecule has 1 aliphatic carbocycles. The summed E-state index contributed by atoms with van der Waals surface area (Å²) in [6.07, 6.45) is 14.2. The van der Waals surface area contributed by atoms with E-state index in [0.29, 0.717) is 17.2 Å². The fourth-order valence-electron chi connectivity index (χ4n) is 5.17. The number of hydrogen-bond donors (Lipinski definition) is 1. The van der Waals surface area contributed by atoms with Crippen LogP contribution in [0.5, 0.6) is 0 Å². The summed E-state index contributed by atoms with van der Waals surface area (Å²) in [6.45, 7) is 6.51. The molecule has 2 aliphatic rings. The van der Waals surface area contributed by atoms with Gasteiger partial charge in [0.15, 0.2) is 0 Å². The summed E-state index contributed by atoms with van der Waals surface area (Å²) in [5.41, 5.74) is 11.5. The lowest BCUT2D eigenvalue weighted by Crippen LogP contribution is -2.38. The number of aryl methyl sites for hydroxylation is 1. The molecule has 1 aliphatic heterocycles. The van der Waals surface area contributed by atoms with Gasteiger partial charge >= 0.3 is 0 Å². The number of nitrogens with two attached hydrogens (primary N) is 1. The maximum atomic E-state index is 10.6. The van der Waals surface area contributed by atoms with Crippen molar-refractivity contribution in [1.29, 1.82) is 0 Å². The Morgan fingerprint density at radius 3 is 2.59 bits per heavy atom. The molecular formula is C23H31N5O. The molecule has 1 saturated heterocycles. The van der Waals surface area contributed by atoms with Crippen molar-refractivity contribution in [3.8, 4) is 0 Å². The zero-order chi connectivity index (χ0) is 20.6. The fourth-order valence-corrected chi connectivity index (χ4v) is 5.17. The van der Waals surface area contributed by atoms with Crippen LogP contribution in [0.2, 0.25) is 0 Å². The topological polar surface area (TPSA) is 77.0 Å². The van der Waals surface area contributed by atoms with Gasteiger partial charge in [0.1, 0.15) is 24.1 Å². The molecule has 4 rings (SSSR count). The first-order valence-electron chi connectivity index (χ1n) is 10.6. The molecule has 0 aromatic carbocycles. The van der Waals surface area contributed by atoms with E-state index >= 15 is 0 Å². The molecule has 2 aromatic rings. The van der Waals surface area contributed by atoms with Crippen molar-refractivity contribution in [3.63, 3.8) is 0 Å². The smallest absolute Gasteiger partial charge is 0.145 e. The maximum absolute atomic E-state index is 10.6. The Kier molecular flexibility index (Phi) is 5.19.